The number of methoxy groups -OCH3 is 1. The van der Waals surface area contributed by atoms with E-state index in [4.69, 9.17) is 4.74 Å². The van der Waals surface area contributed by atoms with Crippen molar-refractivity contribution in [2.75, 3.05) is 7.11 Å². The number of hydrogen-bond donors (Lipinski definition) is 0. The minimum Gasteiger partial charge on any atom is -0.494 e. The zero-order chi connectivity index (χ0) is 18.9. The molecule has 0 bridgehead atoms. The quantitative estimate of drug-likeness (QED) is 0.250. The summed E-state index contributed by atoms with van der Waals surface area (Å²) in [7, 11) is 1.36. The van der Waals surface area contributed by atoms with Gasteiger partial charge in [0.2, 0.25) is 5.82 Å². The van der Waals surface area contributed by atoms with Crippen LogP contribution in [-0.4, -0.2) is 11.0 Å². The van der Waals surface area contributed by atoms with Gasteiger partial charge in [0.1, 0.15) is 0 Å². The van der Waals surface area contributed by atoms with E-state index < -0.39 is 11.6 Å². The van der Waals surface area contributed by atoms with Gasteiger partial charge in [-0.1, -0.05) is 80.5 Å². The Morgan fingerprint density at radius 1 is 1.04 bits per heavy atom. The standard InChI is InChI=1S/C22H33F2IO/c1-3-5-19(25)7-4-6-16-8-10-17(11-9-16)12-13-18-14-15-20(26-2)22(24)21(18)23/h14-17,19H,3-13H2,1-2H3. The lowest BCUT2D eigenvalue weighted by atomic mass is 9.77. The fourth-order valence-electron chi connectivity index (χ4n) is 4.18. The third kappa shape index (κ3) is 6.65. The van der Waals surface area contributed by atoms with Gasteiger partial charge in [0.05, 0.1) is 7.11 Å². The Hall–Kier alpha value is -0.390. The van der Waals surface area contributed by atoms with Crippen LogP contribution in [0.1, 0.15) is 76.7 Å². The van der Waals surface area contributed by atoms with Crippen molar-refractivity contribution in [2.45, 2.75) is 81.5 Å². The summed E-state index contributed by atoms with van der Waals surface area (Å²) in [6.45, 7) is 2.26. The van der Waals surface area contributed by atoms with Crippen LogP contribution < -0.4 is 4.74 Å². The van der Waals surface area contributed by atoms with Gasteiger partial charge in [-0.2, -0.15) is 4.39 Å². The minimum absolute atomic E-state index is 0.0144. The molecule has 1 aromatic carbocycles. The summed E-state index contributed by atoms with van der Waals surface area (Å²) in [5.41, 5.74) is 0.481. The Balaban J connectivity index is 1.68. The highest BCUT2D eigenvalue weighted by Gasteiger charge is 2.22. The van der Waals surface area contributed by atoms with Gasteiger partial charge >= 0.3 is 0 Å². The van der Waals surface area contributed by atoms with Crippen molar-refractivity contribution in [3.63, 3.8) is 0 Å². The lowest BCUT2D eigenvalue weighted by Gasteiger charge is -2.29. The number of benzene rings is 1. The van der Waals surface area contributed by atoms with Gasteiger partial charge in [0.25, 0.3) is 0 Å². The molecule has 1 nitrogen and oxygen atoms in total. The molecule has 0 aliphatic heterocycles. The van der Waals surface area contributed by atoms with Gasteiger partial charge in [-0.05, 0) is 49.1 Å². The van der Waals surface area contributed by atoms with E-state index in [2.05, 4.69) is 29.5 Å². The highest BCUT2D eigenvalue weighted by atomic mass is 127. The third-order valence-corrected chi connectivity index (χ3v) is 7.11. The Bertz CT molecular complexity index is 541. The van der Waals surface area contributed by atoms with E-state index in [1.165, 1.54) is 71.0 Å². The molecule has 1 atom stereocenters. The number of aryl methyl sites for hydroxylation is 1. The van der Waals surface area contributed by atoms with Crippen LogP contribution in [0.2, 0.25) is 0 Å². The molecule has 1 fully saturated rings. The molecule has 0 amide bonds. The number of halogens is 3. The average Bonchev–Trinajstić information content (AvgIpc) is 2.64. The van der Waals surface area contributed by atoms with Gasteiger partial charge in [-0.3, -0.25) is 0 Å². The van der Waals surface area contributed by atoms with E-state index in [1.807, 2.05) is 0 Å². The first-order valence-corrected chi connectivity index (χ1v) is 11.4. The number of hydrogen-bond acceptors (Lipinski definition) is 1. The van der Waals surface area contributed by atoms with Crippen molar-refractivity contribution < 1.29 is 13.5 Å². The first kappa shape index (κ1) is 21.9. The summed E-state index contributed by atoms with van der Waals surface area (Å²) in [5.74, 6) is -0.0666. The van der Waals surface area contributed by atoms with Crippen LogP contribution in [0.25, 0.3) is 0 Å². The monoisotopic (exact) mass is 478 g/mol. The molecule has 0 spiro atoms. The van der Waals surface area contributed by atoms with Crippen LogP contribution >= 0.6 is 22.6 Å². The second-order valence-electron chi connectivity index (χ2n) is 7.80. The molecular weight excluding hydrogens is 445 g/mol. The molecule has 0 radical (unpaired) electrons. The van der Waals surface area contributed by atoms with E-state index in [1.54, 1.807) is 6.07 Å². The molecular formula is C22H33F2IO. The van der Waals surface area contributed by atoms with E-state index in [9.17, 15) is 8.78 Å². The molecule has 148 valence electrons. The van der Waals surface area contributed by atoms with Crippen LogP contribution in [0.15, 0.2) is 12.1 Å². The van der Waals surface area contributed by atoms with Crippen LogP contribution in [0.4, 0.5) is 8.78 Å². The van der Waals surface area contributed by atoms with Crippen molar-refractivity contribution in [3.05, 3.63) is 29.3 Å². The first-order chi connectivity index (χ1) is 12.5. The smallest absolute Gasteiger partial charge is 0.200 e. The molecule has 0 N–H and O–H groups in total. The SMILES string of the molecule is CCCC(I)CCCC1CCC(CCc2ccc(OC)c(F)c2F)CC1. The average molecular weight is 478 g/mol. The van der Waals surface area contributed by atoms with Gasteiger partial charge < -0.3 is 4.74 Å². The summed E-state index contributed by atoms with van der Waals surface area (Å²) in [4.78, 5) is 0. The Morgan fingerprint density at radius 3 is 2.31 bits per heavy atom. The Kier molecular flexibility index (Phi) is 9.65. The molecule has 0 aromatic heterocycles. The largest absolute Gasteiger partial charge is 0.494 e. The molecule has 1 saturated carbocycles. The van der Waals surface area contributed by atoms with Crippen LogP contribution in [0, 0.1) is 23.5 Å². The van der Waals surface area contributed by atoms with Crippen LogP contribution in [0.5, 0.6) is 5.75 Å². The summed E-state index contributed by atoms with van der Waals surface area (Å²) in [6.07, 6.45) is 13.4. The van der Waals surface area contributed by atoms with E-state index in [-0.39, 0.29) is 5.75 Å². The maximum Gasteiger partial charge on any atom is 0.200 e. The van der Waals surface area contributed by atoms with Crippen molar-refractivity contribution in [3.8, 4) is 5.75 Å². The molecule has 1 unspecified atom stereocenters. The second-order valence-corrected chi connectivity index (χ2v) is 9.56. The van der Waals surface area contributed by atoms with E-state index in [0.717, 1.165) is 16.3 Å². The summed E-state index contributed by atoms with van der Waals surface area (Å²) in [5, 5.41) is 0. The minimum atomic E-state index is -0.856. The zero-order valence-electron chi connectivity index (χ0n) is 16.2. The maximum atomic E-state index is 14.1. The van der Waals surface area contributed by atoms with Gasteiger partial charge in [0.15, 0.2) is 11.6 Å². The normalized spacial score (nSPS) is 21.6. The van der Waals surface area contributed by atoms with E-state index in [0.29, 0.717) is 17.9 Å². The molecule has 0 saturated heterocycles. The lowest BCUT2D eigenvalue weighted by Crippen LogP contribution is -2.16. The van der Waals surface area contributed by atoms with Crippen molar-refractivity contribution in [1.29, 1.82) is 0 Å². The number of alkyl halides is 1. The van der Waals surface area contributed by atoms with Gasteiger partial charge in [-0.25, -0.2) is 4.39 Å². The molecule has 2 rings (SSSR count). The van der Waals surface area contributed by atoms with Crippen molar-refractivity contribution in [2.24, 2.45) is 11.8 Å². The molecule has 26 heavy (non-hydrogen) atoms. The second kappa shape index (κ2) is 11.5. The van der Waals surface area contributed by atoms with Gasteiger partial charge in [0, 0.05) is 3.92 Å². The van der Waals surface area contributed by atoms with Crippen molar-refractivity contribution >= 4 is 22.6 Å². The predicted molar refractivity (Wildman–Crippen MR) is 113 cm³/mol. The molecule has 4 heteroatoms. The van der Waals surface area contributed by atoms with Crippen LogP contribution in [0.3, 0.4) is 0 Å². The molecule has 0 heterocycles. The van der Waals surface area contributed by atoms with Crippen LogP contribution in [-0.2, 0) is 6.42 Å². The summed E-state index contributed by atoms with van der Waals surface area (Å²) >= 11 is 2.60. The molecule has 1 aliphatic carbocycles. The maximum absolute atomic E-state index is 14.1. The molecule has 1 aliphatic rings. The van der Waals surface area contributed by atoms with Crippen molar-refractivity contribution in [1.82, 2.24) is 0 Å². The third-order valence-electron chi connectivity index (χ3n) is 5.87. The highest BCUT2D eigenvalue weighted by molar-refractivity contribution is 14.1. The molecule has 1 aromatic rings. The fraction of sp³-hybridized carbons (Fsp3) is 0.727. The summed E-state index contributed by atoms with van der Waals surface area (Å²) in [6, 6.07) is 3.20. The number of rotatable bonds is 10. The fourth-order valence-corrected chi connectivity index (χ4v) is 5.24. The first-order valence-electron chi connectivity index (χ1n) is 10.2. The van der Waals surface area contributed by atoms with Gasteiger partial charge in [-0.15, -0.1) is 0 Å². The highest BCUT2D eigenvalue weighted by Crippen LogP contribution is 2.35. The lowest BCUT2D eigenvalue weighted by molar-refractivity contribution is 0.248. The Labute approximate surface area is 171 Å². The number of ether oxygens (including phenoxy) is 1. The van der Waals surface area contributed by atoms with E-state index >= 15 is 0 Å². The Morgan fingerprint density at radius 2 is 1.69 bits per heavy atom. The zero-order valence-corrected chi connectivity index (χ0v) is 18.4. The predicted octanol–water partition coefficient (Wildman–Crippen LogP) is 7.49. The topological polar surface area (TPSA) is 9.23 Å². The summed E-state index contributed by atoms with van der Waals surface area (Å²) < 4.78 is 33.5.